The van der Waals surface area contributed by atoms with E-state index in [4.69, 9.17) is 4.74 Å². The number of hydrogen-bond donors (Lipinski definition) is 1. The number of fused-ring (bicyclic) bond motifs is 1. The molecule has 1 fully saturated rings. The van der Waals surface area contributed by atoms with Gasteiger partial charge >= 0.3 is 6.09 Å². The monoisotopic (exact) mass is 522 g/mol. The number of ether oxygens (including phenoxy) is 1. The molecule has 0 unspecified atom stereocenters. The van der Waals surface area contributed by atoms with E-state index >= 15 is 0 Å². The summed E-state index contributed by atoms with van der Waals surface area (Å²) in [7, 11) is 0. The van der Waals surface area contributed by atoms with Crippen LogP contribution in [0.3, 0.4) is 0 Å². The molecule has 4 rings (SSSR count). The molecule has 6 heteroatoms. The van der Waals surface area contributed by atoms with Gasteiger partial charge in [-0.15, -0.1) is 0 Å². The molecule has 1 saturated heterocycles. The molecule has 0 atom stereocenters. The van der Waals surface area contributed by atoms with Crippen molar-refractivity contribution in [2.45, 2.75) is 51.7 Å². The molecular weight excluding hydrogens is 492 g/mol. The van der Waals surface area contributed by atoms with Gasteiger partial charge in [0.25, 0.3) is 5.91 Å². The lowest BCUT2D eigenvalue weighted by molar-refractivity contribution is 0.0523. The summed E-state index contributed by atoms with van der Waals surface area (Å²) in [6.45, 7) is 7.44. The van der Waals surface area contributed by atoms with Crippen LogP contribution in [0.2, 0.25) is 0 Å². The number of likely N-dealkylation sites (tertiary alicyclic amines) is 1. The summed E-state index contributed by atoms with van der Waals surface area (Å²) >= 11 is 3.53. The zero-order chi connectivity index (χ0) is 24.3. The molecule has 1 heterocycles. The highest BCUT2D eigenvalue weighted by Gasteiger charge is 2.25. The number of halogens is 1. The molecule has 2 amide bonds. The number of carbonyl (C=O) groups is 2. The predicted molar refractivity (Wildman–Crippen MR) is 139 cm³/mol. The Hall–Kier alpha value is -2.86. The predicted octanol–water partition coefficient (Wildman–Crippen LogP) is 6.65. The van der Waals surface area contributed by atoms with E-state index in [0.717, 1.165) is 52.3 Å². The molecule has 0 bridgehead atoms. The van der Waals surface area contributed by atoms with Crippen LogP contribution in [-0.4, -0.2) is 35.6 Å². The largest absolute Gasteiger partial charge is 0.444 e. The first-order valence-corrected chi connectivity index (χ1v) is 12.5. The lowest BCUT2D eigenvalue weighted by Crippen LogP contribution is -2.38. The molecule has 0 saturated carbocycles. The van der Waals surface area contributed by atoms with E-state index in [1.165, 1.54) is 5.56 Å². The molecule has 1 aliphatic heterocycles. The van der Waals surface area contributed by atoms with Crippen LogP contribution in [0.1, 0.15) is 61.0 Å². The number of piperidine rings is 1. The van der Waals surface area contributed by atoms with E-state index < -0.39 is 11.7 Å². The van der Waals surface area contributed by atoms with Gasteiger partial charge in [0.1, 0.15) is 5.60 Å². The summed E-state index contributed by atoms with van der Waals surface area (Å²) in [5.74, 6) is 0.490. The van der Waals surface area contributed by atoms with Crippen LogP contribution in [0, 0.1) is 0 Å². The lowest BCUT2D eigenvalue weighted by atomic mass is 9.88. The van der Waals surface area contributed by atoms with Gasteiger partial charge in [0.15, 0.2) is 0 Å². The number of amides is 2. The van der Waals surface area contributed by atoms with E-state index in [1.807, 2.05) is 74.2 Å². The Bertz CT molecular complexity index is 1190. The average molecular weight is 523 g/mol. The number of benzene rings is 3. The van der Waals surface area contributed by atoms with Crippen LogP contribution in [0.25, 0.3) is 10.8 Å². The van der Waals surface area contributed by atoms with Crippen molar-refractivity contribution in [3.8, 4) is 0 Å². The third kappa shape index (κ3) is 5.98. The number of alkyl carbamates (subject to hydrolysis) is 1. The molecule has 0 radical (unpaired) electrons. The zero-order valence-electron chi connectivity index (χ0n) is 19.9. The van der Waals surface area contributed by atoms with E-state index in [1.54, 1.807) is 0 Å². The van der Waals surface area contributed by atoms with Gasteiger partial charge in [-0.3, -0.25) is 4.79 Å². The normalized spacial score (nSPS) is 14.8. The highest BCUT2D eigenvalue weighted by molar-refractivity contribution is 9.10. The van der Waals surface area contributed by atoms with Crippen LogP contribution in [0.15, 0.2) is 65.1 Å². The first-order valence-electron chi connectivity index (χ1n) is 11.7. The van der Waals surface area contributed by atoms with Crippen molar-refractivity contribution in [1.29, 1.82) is 0 Å². The summed E-state index contributed by atoms with van der Waals surface area (Å²) in [6.07, 6.45) is 1.43. The summed E-state index contributed by atoms with van der Waals surface area (Å²) in [6, 6.07) is 20.3. The van der Waals surface area contributed by atoms with Crippen molar-refractivity contribution in [2.24, 2.45) is 0 Å². The average Bonchev–Trinajstić information content (AvgIpc) is 2.81. The minimum Gasteiger partial charge on any atom is -0.444 e. The van der Waals surface area contributed by atoms with Crippen LogP contribution in [0.4, 0.5) is 4.79 Å². The Labute approximate surface area is 209 Å². The zero-order valence-corrected chi connectivity index (χ0v) is 21.5. The number of carbonyl (C=O) groups excluding carboxylic acids is 2. The fourth-order valence-corrected chi connectivity index (χ4v) is 4.82. The third-order valence-electron chi connectivity index (χ3n) is 6.11. The van der Waals surface area contributed by atoms with Gasteiger partial charge in [0, 0.05) is 29.7 Å². The van der Waals surface area contributed by atoms with Gasteiger partial charge < -0.3 is 15.0 Å². The topological polar surface area (TPSA) is 58.6 Å². The molecule has 1 aliphatic rings. The SMILES string of the molecule is CC(C)(C)OC(=O)NCc1cccc(C2CCN(C(=O)c3cccc4ccc(Br)cc34)CC2)c1. The minimum atomic E-state index is -0.514. The second-order valence-corrected chi connectivity index (χ2v) is 10.8. The molecule has 0 aliphatic carbocycles. The smallest absolute Gasteiger partial charge is 0.407 e. The Morgan fingerprint density at radius 2 is 1.76 bits per heavy atom. The van der Waals surface area contributed by atoms with Gasteiger partial charge in [-0.05, 0) is 79.6 Å². The standard InChI is InChI=1S/C28H31BrN2O3/c1-28(2,3)34-27(33)30-18-19-6-4-8-22(16-19)20-12-14-31(15-13-20)26(32)24-9-5-7-21-10-11-23(29)17-25(21)24/h4-11,16-17,20H,12-15,18H2,1-3H3,(H,30,33). The molecule has 0 aromatic heterocycles. The fraction of sp³-hybridized carbons (Fsp3) is 0.357. The molecule has 0 spiro atoms. The number of hydrogen-bond acceptors (Lipinski definition) is 3. The molecule has 3 aromatic rings. The van der Waals surface area contributed by atoms with Gasteiger partial charge in [-0.25, -0.2) is 4.79 Å². The van der Waals surface area contributed by atoms with Crippen molar-refractivity contribution in [3.05, 3.63) is 81.8 Å². The van der Waals surface area contributed by atoms with Crippen LogP contribution in [0.5, 0.6) is 0 Å². The van der Waals surface area contributed by atoms with E-state index in [2.05, 4.69) is 33.4 Å². The van der Waals surface area contributed by atoms with Gasteiger partial charge in [0.2, 0.25) is 0 Å². The van der Waals surface area contributed by atoms with Crippen molar-refractivity contribution < 1.29 is 14.3 Å². The summed E-state index contributed by atoms with van der Waals surface area (Å²) in [4.78, 5) is 27.3. The highest BCUT2D eigenvalue weighted by Crippen LogP contribution is 2.31. The first kappa shape index (κ1) is 24.3. The fourth-order valence-electron chi connectivity index (χ4n) is 4.46. The van der Waals surface area contributed by atoms with E-state index in [0.29, 0.717) is 12.5 Å². The van der Waals surface area contributed by atoms with Crippen molar-refractivity contribution in [3.63, 3.8) is 0 Å². The quantitative estimate of drug-likeness (QED) is 0.417. The molecule has 3 aromatic carbocycles. The van der Waals surface area contributed by atoms with Gasteiger partial charge in [-0.2, -0.15) is 0 Å². The summed E-state index contributed by atoms with van der Waals surface area (Å²) in [5.41, 5.74) is 2.54. The minimum absolute atomic E-state index is 0.0949. The van der Waals surface area contributed by atoms with E-state index in [9.17, 15) is 9.59 Å². The highest BCUT2D eigenvalue weighted by atomic mass is 79.9. The van der Waals surface area contributed by atoms with Gasteiger partial charge in [-0.1, -0.05) is 58.4 Å². The van der Waals surface area contributed by atoms with Crippen molar-refractivity contribution >= 4 is 38.7 Å². The lowest BCUT2D eigenvalue weighted by Gasteiger charge is -2.32. The number of rotatable bonds is 4. The Balaban J connectivity index is 1.38. The molecule has 34 heavy (non-hydrogen) atoms. The maximum absolute atomic E-state index is 13.3. The second-order valence-electron chi connectivity index (χ2n) is 9.84. The number of nitrogens with zero attached hydrogens (tertiary/aromatic N) is 1. The maximum atomic E-state index is 13.3. The van der Waals surface area contributed by atoms with Crippen molar-refractivity contribution in [2.75, 3.05) is 13.1 Å². The maximum Gasteiger partial charge on any atom is 0.407 e. The summed E-state index contributed by atoms with van der Waals surface area (Å²) in [5, 5.41) is 4.88. The van der Waals surface area contributed by atoms with E-state index in [-0.39, 0.29) is 5.91 Å². The molecular formula is C28H31BrN2O3. The Morgan fingerprint density at radius 3 is 2.50 bits per heavy atom. The van der Waals surface area contributed by atoms with Gasteiger partial charge in [0.05, 0.1) is 0 Å². The Kier molecular flexibility index (Phi) is 7.27. The molecule has 5 nitrogen and oxygen atoms in total. The molecule has 1 N–H and O–H groups in total. The summed E-state index contributed by atoms with van der Waals surface area (Å²) < 4.78 is 6.29. The molecule has 178 valence electrons. The number of nitrogens with one attached hydrogen (secondary N) is 1. The second kappa shape index (κ2) is 10.2. The first-order chi connectivity index (χ1) is 16.2. The van der Waals surface area contributed by atoms with Crippen LogP contribution < -0.4 is 5.32 Å². The Morgan fingerprint density at radius 1 is 1.03 bits per heavy atom. The van der Waals surface area contributed by atoms with Crippen LogP contribution in [-0.2, 0) is 11.3 Å². The van der Waals surface area contributed by atoms with Crippen LogP contribution >= 0.6 is 15.9 Å². The third-order valence-corrected chi connectivity index (χ3v) is 6.61. The van der Waals surface area contributed by atoms with Crippen molar-refractivity contribution in [1.82, 2.24) is 10.2 Å².